The number of hydrogen-bond donors (Lipinski definition) is 1. The molecule has 0 heterocycles. The van der Waals surface area contributed by atoms with Crippen molar-refractivity contribution in [2.24, 2.45) is 0 Å². The lowest BCUT2D eigenvalue weighted by Gasteiger charge is -2.01. The molecule has 1 aromatic carbocycles. The molecule has 20 heavy (non-hydrogen) atoms. The number of allylic oxidation sites excluding steroid dienone is 3. The van der Waals surface area contributed by atoms with Crippen molar-refractivity contribution in [3.63, 3.8) is 0 Å². The Kier molecular flexibility index (Phi) is 8.95. The van der Waals surface area contributed by atoms with E-state index in [0.717, 1.165) is 12.8 Å². The maximum absolute atomic E-state index is 11.5. The summed E-state index contributed by atoms with van der Waals surface area (Å²) in [5.41, 5.74) is 1.24. The quantitative estimate of drug-likeness (QED) is 0.410. The normalized spacial score (nSPS) is 11.2. The second kappa shape index (κ2) is 11.0. The van der Waals surface area contributed by atoms with Gasteiger partial charge in [-0.2, -0.15) is 0 Å². The van der Waals surface area contributed by atoms with Crippen molar-refractivity contribution < 1.29 is 4.79 Å². The number of nitrogens with one attached hydrogen (secondary N) is 1. The van der Waals surface area contributed by atoms with Crippen LogP contribution in [0.15, 0.2) is 54.6 Å². The predicted octanol–water partition coefficient (Wildman–Crippen LogP) is 4.04. The molecular weight excluding hydrogens is 246 g/mol. The Balaban J connectivity index is 2.10. The molecule has 0 saturated heterocycles. The topological polar surface area (TPSA) is 29.1 Å². The molecule has 0 unspecified atom stereocenters. The molecule has 0 spiro atoms. The number of unbranched alkanes of at least 4 members (excludes halogenated alkanes) is 3. The van der Waals surface area contributed by atoms with E-state index in [-0.39, 0.29) is 5.91 Å². The Morgan fingerprint density at radius 3 is 2.70 bits per heavy atom. The van der Waals surface area contributed by atoms with Gasteiger partial charge in [0.1, 0.15) is 0 Å². The van der Waals surface area contributed by atoms with Crippen molar-refractivity contribution in [3.8, 4) is 0 Å². The van der Waals surface area contributed by atoms with E-state index in [4.69, 9.17) is 0 Å². The minimum atomic E-state index is -0.0286. The number of amides is 1. The first-order chi connectivity index (χ1) is 9.83. The third kappa shape index (κ3) is 8.30. The third-order valence-corrected chi connectivity index (χ3v) is 3.02. The largest absolute Gasteiger partial charge is 0.352 e. The average molecular weight is 271 g/mol. The summed E-state index contributed by atoms with van der Waals surface area (Å²) in [5.74, 6) is -0.0286. The van der Waals surface area contributed by atoms with Crippen LogP contribution in [0.25, 0.3) is 0 Å². The predicted molar refractivity (Wildman–Crippen MR) is 85.6 cm³/mol. The van der Waals surface area contributed by atoms with Crippen molar-refractivity contribution in [1.82, 2.24) is 5.32 Å². The minimum absolute atomic E-state index is 0.0286. The van der Waals surface area contributed by atoms with E-state index >= 15 is 0 Å². The minimum Gasteiger partial charge on any atom is -0.352 e. The second-order valence-electron chi connectivity index (χ2n) is 4.81. The number of carbonyl (C=O) groups excluding carboxylic acids is 1. The molecule has 0 aliphatic rings. The fraction of sp³-hybridized carbons (Fsp3) is 0.389. The fourth-order valence-corrected chi connectivity index (χ4v) is 1.86. The molecule has 108 valence electrons. The Hall–Kier alpha value is -1.83. The molecule has 2 heteroatoms. The van der Waals surface area contributed by atoms with E-state index < -0.39 is 0 Å². The molecule has 0 bridgehead atoms. The molecule has 0 atom stereocenters. The van der Waals surface area contributed by atoms with Gasteiger partial charge in [-0.3, -0.25) is 4.79 Å². The molecule has 0 saturated carbocycles. The highest BCUT2D eigenvalue weighted by molar-refractivity contribution is 5.87. The monoisotopic (exact) mass is 271 g/mol. The van der Waals surface area contributed by atoms with Crippen LogP contribution in [0.2, 0.25) is 0 Å². The van der Waals surface area contributed by atoms with E-state index in [0.29, 0.717) is 6.54 Å². The fourth-order valence-electron chi connectivity index (χ4n) is 1.86. The second-order valence-corrected chi connectivity index (χ2v) is 4.81. The highest BCUT2D eigenvalue weighted by Gasteiger charge is 1.94. The van der Waals surface area contributed by atoms with Gasteiger partial charge in [0.15, 0.2) is 0 Å². The zero-order valence-corrected chi connectivity index (χ0v) is 12.3. The first kappa shape index (κ1) is 16.2. The van der Waals surface area contributed by atoms with Gasteiger partial charge in [-0.15, -0.1) is 0 Å². The van der Waals surface area contributed by atoms with Crippen LogP contribution in [-0.2, 0) is 11.2 Å². The summed E-state index contributed by atoms with van der Waals surface area (Å²) in [6.45, 7) is 2.87. The SMILES string of the molecule is CCCCC/C=C\C=C\C(=O)NCCc1ccccc1. The lowest BCUT2D eigenvalue weighted by molar-refractivity contribution is -0.116. The molecular formula is C18H25NO. The molecule has 0 aliphatic heterocycles. The highest BCUT2D eigenvalue weighted by Crippen LogP contribution is 1.99. The zero-order chi connectivity index (χ0) is 14.5. The van der Waals surface area contributed by atoms with Gasteiger partial charge < -0.3 is 5.32 Å². The molecule has 1 N–H and O–H groups in total. The third-order valence-electron chi connectivity index (χ3n) is 3.02. The summed E-state index contributed by atoms with van der Waals surface area (Å²) in [5, 5.41) is 2.88. The Morgan fingerprint density at radius 1 is 1.15 bits per heavy atom. The van der Waals surface area contributed by atoms with Crippen molar-refractivity contribution in [2.45, 2.75) is 39.0 Å². The van der Waals surface area contributed by atoms with Crippen LogP contribution < -0.4 is 5.32 Å². The lowest BCUT2D eigenvalue weighted by atomic mass is 10.1. The van der Waals surface area contributed by atoms with E-state index in [1.165, 1.54) is 24.8 Å². The molecule has 0 radical (unpaired) electrons. The zero-order valence-electron chi connectivity index (χ0n) is 12.3. The van der Waals surface area contributed by atoms with Crippen LogP contribution in [-0.4, -0.2) is 12.5 Å². The van der Waals surface area contributed by atoms with Crippen LogP contribution in [0.4, 0.5) is 0 Å². The summed E-state index contributed by atoms with van der Waals surface area (Å²) in [6.07, 6.45) is 13.2. The standard InChI is InChI=1S/C18H25NO/c1-2-3-4-5-6-7-11-14-18(20)19-16-15-17-12-9-8-10-13-17/h6-14H,2-5,15-16H2,1H3,(H,19,20)/b7-6-,14-11+. The van der Waals surface area contributed by atoms with E-state index in [1.807, 2.05) is 30.4 Å². The van der Waals surface area contributed by atoms with E-state index in [1.54, 1.807) is 6.08 Å². The van der Waals surface area contributed by atoms with Gasteiger partial charge in [0.25, 0.3) is 0 Å². The molecule has 0 aliphatic carbocycles. The van der Waals surface area contributed by atoms with Crippen molar-refractivity contribution in [2.75, 3.05) is 6.54 Å². The molecule has 1 rings (SSSR count). The van der Waals surface area contributed by atoms with E-state index in [9.17, 15) is 4.79 Å². The average Bonchev–Trinajstić information content (AvgIpc) is 2.47. The summed E-state index contributed by atoms with van der Waals surface area (Å²) < 4.78 is 0. The van der Waals surface area contributed by atoms with E-state index in [2.05, 4.69) is 30.4 Å². The van der Waals surface area contributed by atoms with Gasteiger partial charge in [-0.25, -0.2) is 0 Å². The van der Waals surface area contributed by atoms with Crippen LogP contribution in [0, 0.1) is 0 Å². The number of hydrogen-bond acceptors (Lipinski definition) is 1. The maximum atomic E-state index is 11.5. The van der Waals surface area contributed by atoms with Crippen molar-refractivity contribution in [3.05, 3.63) is 60.2 Å². The number of carbonyl (C=O) groups is 1. The molecule has 0 fully saturated rings. The van der Waals surface area contributed by atoms with Crippen LogP contribution in [0.3, 0.4) is 0 Å². The first-order valence-electron chi connectivity index (χ1n) is 7.48. The summed E-state index contributed by atoms with van der Waals surface area (Å²) >= 11 is 0. The Bertz CT molecular complexity index is 420. The van der Waals surface area contributed by atoms with Gasteiger partial charge >= 0.3 is 0 Å². The van der Waals surface area contributed by atoms with Gasteiger partial charge in [0.05, 0.1) is 0 Å². The van der Waals surface area contributed by atoms with Crippen molar-refractivity contribution in [1.29, 1.82) is 0 Å². The Morgan fingerprint density at radius 2 is 1.95 bits per heavy atom. The summed E-state index contributed by atoms with van der Waals surface area (Å²) in [4.78, 5) is 11.5. The number of rotatable bonds is 9. The Labute approximate surface area is 122 Å². The summed E-state index contributed by atoms with van der Waals surface area (Å²) in [7, 11) is 0. The maximum Gasteiger partial charge on any atom is 0.243 e. The highest BCUT2D eigenvalue weighted by atomic mass is 16.1. The van der Waals surface area contributed by atoms with Gasteiger partial charge in [-0.05, 0) is 24.8 Å². The molecule has 1 amide bonds. The van der Waals surface area contributed by atoms with Crippen LogP contribution >= 0.6 is 0 Å². The molecule has 0 aromatic heterocycles. The van der Waals surface area contributed by atoms with Crippen molar-refractivity contribution >= 4 is 5.91 Å². The number of benzene rings is 1. The van der Waals surface area contributed by atoms with Crippen LogP contribution in [0.5, 0.6) is 0 Å². The van der Waals surface area contributed by atoms with Crippen LogP contribution in [0.1, 0.15) is 38.2 Å². The molecule has 1 aromatic rings. The molecule has 2 nitrogen and oxygen atoms in total. The van der Waals surface area contributed by atoms with Gasteiger partial charge in [-0.1, -0.05) is 68.3 Å². The first-order valence-corrected chi connectivity index (χ1v) is 7.48. The smallest absolute Gasteiger partial charge is 0.243 e. The lowest BCUT2D eigenvalue weighted by Crippen LogP contribution is -2.23. The summed E-state index contributed by atoms with van der Waals surface area (Å²) in [6, 6.07) is 10.2. The van der Waals surface area contributed by atoms with Gasteiger partial charge in [0.2, 0.25) is 5.91 Å². The van der Waals surface area contributed by atoms with Gasteiger partial charge in [0, 0.05) is 12.6 Å².